The second-order valence-electron chi connectivity index (χ2n) is 8.80. The Kier molecular flexibility index (Phi) is 6.35. The number of carbonyl (C=O) groups is 1. The molecule has 1 amide bonds. The molecule has 1 aliphatic rings. The van der Waals surface area contributed by atoms with Gasteiger partial charge in [-0.2, -0.15) is 0 Å². The molecule has 0 atom stereocenters. The molecule has 4 rings (SSSR count). The number of likely N-dealkylation sites (tertiary alicyclic amines) is 1. The summed E-state index contributed by atoms with van der Waals surface area (Å²) in [5, 5.41) is 0.0963. The van der Waals surface area contributed by atoms with Crippen LogP contribution in [-0.4, -0.2) is 41.4 Å². The quantitative estimate of drug-likeness (QED) is 0.576. The number of benzene rings is 2. The van der Waals surface area contributed by atoms with Crippen molar-refractivity contribution in [2.45, 2.75) is 44.6 Å². The lowest BCUT2D eigenvalue weighted by Gasteiger charge is -2.16. The zero-order valence-electron chi connectivity index (χ0n) is 19.5. The maximum atomic E-state index is 13.2. The number of hydrogen-bond acceptors (Lipinski definition) is 5. The molecular weight excluding hydrogens is 456 g/mol. The summed E-state index contributed by atoms with van der Waals surface area (Å²) in [6, 6.07) is 9.48. The second kappa shape index (κ2) is 9.09. The third kappa shape index (κ3) is 4.63. The van der Waals surface area contributed by atoms with Gasteiger partial charge in [-0.05, 0) is 68.1 Å². The molecule has 0 radical (unpaired) electrons. The molecule has 3 aromatic rings. The van der Waals surface area contributed by atoms with Crippen LogP contribution >= 0.6 is 0 Å². The molecule has 1 aromatic heterocycles. The predicted molar refractivity (Wildman–Crippen MR) is 131 cm³/mol. The molecule has 1 fully saturated rings. The highest BCUT2D eigenvalue weighted by molar-refractivity contribution is 7.92. The van der Waals surface area contributed by atoms with E-state index in [9.17, 15) is 22.8 Å². The van der Waals surface area contributed by atoms with E-state index in [1.54, 1.807) is 17.0 Å². The number of hydrogen-bond donors (Lipinski definition) is 1. The van der Waals surface area contributed by atoms with E-state index in [1.807, 2.05) is 19.9 Å². The highest BCUT2D eigenvalue weighted by Crippen LogP contribution is 2.21. The van der Waals surface area contributed by atoms with Crippen molar-refractivity contribution in [3.8, 4) is 0 Å². The largest absolute Gasteiger partial charge is 0.343 e. The van der Waals surface area contributed by atoms with Gasteiger partial charge in [-0.25, -0.2) is 13.2 Å². The maximum absolute atomic E-state index is 13.2. The van der Waals surface area contributed by atoms with Crippen LogP contribution in [0.3, 0.4) is 0 Å². The SMILES string of the molecule is Cc1cc(C)cc(NS(=O)(=O)c2ccc3c(c2)c(=O)n(CCC(=O)N2CCCC2)c(=O)n3C)c1. The van der Waals surface area contributed by atoms with E-state index in [0.717, 1.165) is 28.5 Å². The van der Waals surface area contributed by atoms with Gasteiger partial charge in [0.25, 0.3) is 15.6 Å². The Morgan fingerprint density at radius 3 is 2.29 bits per heavy atom. The molecule has 1 N–H and O–H groups in total. The first-order chi connectivity index (χ1) is 16.1. The average Bonchev–Trinajstić information content (AvgIpc) is 3.31. The summed E-state index contributed by atoms with van der Waals surface area (Å²) in [7, 11) is -2.46. The molecule has 1 aliphatic heterocycles. The summed E-state index contributed by atoms with van der Waals surface area (Å²) >= 11 is 0. The van der Waals surface area contributed by atoms with Crippen LogP contribution in [-0.2, 0) is 28.4 Å². The highest BCUT2D eigenvalue weighted by atomic mass is 32.2. The van der Waals surface area contributed by atoms with Gasteiger partial charge < -0.3 is 4.90 Å². The zero-order chi connectivity index (χ0) is 24.6. The molecule has 9 nitrogen and oxygen atoms in total. The first kappa shape index (κ1) is 23.7. The van der Waals surface area contributed by atoms with Gasteiger partial charge >= 0.3 is 5.69 Å². The average molecular weight is 485 g/mol. The molecule has 180 valence electrons. The number of nitrogens with one attached hydrogen (secondary N) is 1. The fraction of sp³-hybridized carbons (Fsp3) is 0.375. The third-order valence-corrected chi connectivity index (χ3v) is 7.49. The number of carbonyl (C=O) groups excluding carboxylic acids is 1. The van der Waals surface area contributed by atoms with Crippen LogP contribution in [0.2, 0.25) is 0 Å². The molecule has 1 saturated heterocycles. The Balaban J connectivity index is 1.70. The minimum atomic E-state index is -3.97. The molecule has 34 heavy (non-hydrogen) atoms. The van der Waals surface area contributed by atoms with Crippen molar-refractivity contribution in [3.05, 3.63) is 68.4 Å². The fourth-order valence-electron chi connectivity index (χ4n) is 4.44. The zero-order valence-corrected chi connectivity index (χ0v) is 20.3. The van der Waals surface area contributed by atoms with Crippen LogP contribution in [0.1, 0.15) is 30.4 Å². The minimum absolute atomic E-state index is 0.0346. The van der Waals surface area contributed by atoms with Gasteiger partial charge in [0.2, 0.25) is 5.91 Å². The van der Waals surface area contributed by atoms with Crippen LogP contribution in [0.25, 0.3) is 10.9 Å². The first-order valence-electron chi connectivity index (χ1n) is 11.2. The number of aromatic nitrogens is 2. The van der Waals surface area contributed by atoms with Crippen LogP contribution in [0.4, 0.5) is 5.69 Å². The molecule has 0 unspecified atom stereocenters. The number of anilines is 1. The molecule has 0 saturated carbocycles. The third-order valence-electron chi connectivity index (χ3n) is 6.12. The Morgan fingerprint density at radius 2 is 1.65 bits per heavy atom. The van der Waals surface area contributed by atoms with E-state index in [-0.39, 0.29) is 29.2 Å². The number of fused-ring (bicyclic) bond motifs is 1. The number of rotatable bonds is 6. The molecule has 0 bridgehead atoms. The second-order valence-corrected chi connectivity index (χ2v) is 10.5. The first-order valence-corrected chi connectivity index (χ1v) is 12.7. The van der Waals surface area contributed by atoms with Crippen LogP contribution < -0.4 is 16.0 Å². The Morgan fingerprint density at radius 1 is 1.00 bits per heavy atom. The van der Waals surface area contributed by atoms with E-state index in [1.165, 1.54) is 29.8 Å². The van der Waals surface area contributed by atoms with Crippen molar-refractivity contribution >= 4 is 32.5 Å². The maximum Gasteiger partial charge on any atom is 0.331 e. The van der Waals surface area contributed by atoms with Gasteiger partial charge in [0.15, 0.2) is 0 Å². The fourth-order valence-corrected chi connectivity index (χ4v) is 5.51. The number of sulfonamides is 1. The smallest absolute Gasteiger partial charge is 0.331 e. The molecule has 10 heteroatoms. The summed E-state index contributed by atoms with van der Waals surface area (Å²) in [5.41, 5.74) is 1.42. The minimum Gasteiger partial charge on any atom is -0.343 e. The summed E-state index contributed by atoms with van der Waals surface area (Å²) in [4.78, 5) is 40.0. The Labute approximate surface area is 197 Å². The standard InChI is InChI=1S/C24H28N4O5S/c1-16-12-17(2)14-18(13-16)25-34(32,33)19-6-7-21-20(15-19)23(30)28(24(31)26(21)3)11-8-22(29)27-9-4-5-10-27/h6-7,12-15,25H,4-5,8-11H2,1-3H3. The van der Waals surface area contributed by atoms with Crippen LogP contribution in [0.15, 0.2) is 50.9 Å². The summed E-state index contributed by atoms with van der Waals surface area (Å²) in [5.74, 6) is -0.0967. The van der Waals surface area contributed by atoms with Crippen molar-refractivity contribution in [2.24, 2.45) is 7.05 Å². The Bertz CT molecular complexity index is 1480. The van der Waals surface area contributed by atoms with Gasteiger partial charge in [0, 0.05) is 38.8 Å². The topological polar surface area (TPSA) is 110 Å². The molecule has 2 aromatic carbocycles. The molecular formula is C24H28N4O5S. The Hall–Kier alpha value is -3.40. The molecule has 2 heterocycles. The van der Waals surface area contributed by atoms with E-state index in [0.29, 0.717) is 24.3 Å². The van der Waals surface area contributed by atoms with Gasteiger partial charge in [-0.1, -0.05) is 6.07 Å². The summed E-state index contributed by atoms with van der Waals surface area (Å²) < 4.78 is 30.9. The van der Waals surface area contributed by atoms with Crippen molar-refractivity contribution < 1.29 is 13.2 Å². The number of aryl methyl sites for hydroxylation is 3. The van der Waals surface area contributed by atoms with Crippen molar-refractivity contribution in [2.75, 3.05) is 17.8 Å². The normalized spacial score (nSPS) is 14.0. The number of nitrogens with zero attached hydrogens (tertiary/aromatic N) is 3. The lowest BCUT2D eigenvalue weighted by Crippen LogP contribution is -2.40. The predicted octanol–water partition coefficient (Wildman–Crippen LogP) is 2.13. The van der Waals surface area contributed by atoms with Crippen molar-refractivity contribution in [3.63, 3.8) is 0 Å². The summed E-state index contributed by atoms with van der Waals surface area (Å²) in [6.45, 7) is 5.07. The van der Waals surface area contributed by atoms with Crippen LogP contribution in [0, 0.1) is 13.8 Å². The summed E-state index contributed by atoms with van der Waals surface area (Å²) in [6.07, 6.45) is 1.95. The lowest BCUT2D eigenvalue weighted by molar-refractivity contribution is -0.130. The van der Waals surface area contributed by atoms with Gasteiger partial charge in [-0.3, -0.25) is 23.4 Å². The van der Waals surface area contributed by atoms with Gasteiger partial charge in [0.05, 0.1) is 15.8 Å². The van der Waals surface area contributed by atoms with Crippen molar-refractivity contribution in [1.29, 1.82) is 0 Å². The van der Waals surface area contributed by atoms with E-state index >= 15 is 0 Å². The lowest BCUT2D eigenvalue weighted by atomic mass is 10.1. The monoisotopic (exact) mass is 484 g/mol. The van der Waals surface area contributed by atoms with Crippen LogP contribution in [0.5, 0.6) is 0 Å². The van der Waals surface area contributed by atoms with E-state index < -0.39 is 21.3 Å². The van der Waals surface area contributed by atoms with Crippen molar-refractivity contribution in [1.82, 2.24) is 14.0 Å². The highest BCUT2D eigenvalue weighted by Gasteiger charge is 2.21. The van der Waals surface area contributed by atoms with Gasteiger partial charge in [0.1, 0.15) is 0 Å². The van der Waals surface area contributed by atoms with E-state index in [4.69, 9.17) is 0 Å². The molecule has 0 aliphatic carbocycles. The van der Waals surface area contributed by atoms with E-state index in [2.05, 4.69) is 4.72 Å². The number of amides is 1. The molecule has 0 spiro atoms. The van der Waals surface area contributed by atoms with Gasteiger partial charge in [-0.15, -0.1) is 0 Å².